The van der Waals surface area contributed by atoms with Gasteiger partial charge >= 0.3 is 6.03 Å². The van der Waals surface area contributed by atoms with Gasteiger partial charge in [0.05, 0.1) is 12.2 Å². The zero-order valence-electron chi connectivity index (χ0n) is 14.5. The summed E-state index contributed by atoms with van der Waals surface area (Å²) in [6, 6.07) is 10.1. The number of urea groups is 1. The molecular formula is C19H17FIN3O3. The predicted octanol–water partition coefficient (Wildman–Crippen LogP) is 2.84. The van der Waals surface area contributed by atoms with Gasteiger partial charge in [0.15, 0.2) is 0 Å². The molecule has 1 heterocycles. The smallest absolute Gasteiger partial charge is 0.325 e. The SMILES string of the molecule is Cc1ccc(CC(C(=O)Nc2ccc(I)cc2F)N2C(=O)CNC2=O)cc1. The van der Waals surface area contributed by atoms with E-state index in [9.17, 15) is 18.8 Å². The van der Waals surface area contributed by atoms with E-state index in [0.29, 0.717) is 3.57 Å². The van der Waals surface area contributed by atoms with Crippen molar-refractivity contribution >= 4 is 46.1 Å². The predicted molar refractivity (Wildman–Crippen MR) is 107 cm³/mol. The van der Waals surface area contributed by atoms with Crippen molar-refractivity contribution in [3.05, 3.63) is 63.0 Å². The Hall–Kier alpha value is -2.49. The van der Waals surface area contributed by atoms with E-state index in [4.69, 9.17) is 0 Å². The average molecular weight is 481 g/mol. The molecule has 8 heteroatoms. The summed E-state index contributed by atoms with van der Waals surface area (Å²) in [6.45, 7) is 1.78. The quantitative estimate of drug-likeness (QED) is 0.510. The fourth-order valence-corrected chi connectivity index (χ4v) is 3.26. The molecule has 1 atom stereocenters. The lowest BCUT2D eigenvalue weighted by atomic mass is 10.0. The molecule has 0 radical (unpaired) electrons. The lowest BCUT2D eigenvalue weighted by Gasteiger charge is -2.24. The fourth-order valence-electron chi connectivity index (χ4n) is 2.81. The molecule has 1 saturated heterocycles. The second-order valence-electron chi connectivity index (χ2n) is 6.24. The molecule has 1 aliphatic rings. The molecule has 0 bridgehead atoms. The number of carbonyl (C=O) groups excluding carboxylic acids is 3. The molecule has 0 aliphatic carbocycles. The molecule has 4 amide bonds. The molecule has 2 N–H and O–H groups in total. The molecule has 1 unspecified atom stereocenters. The standard InChI is InChI=1S/C19H17FIN3O3/c1-11-2-4-12(5-3-11)8-16(24-17(25)10-22-19(24)27)18(26)23-15-7-6-13(21)9-14(15)20/h2-7,9,16H,8,10H2,1H3,(H,22,27)(H,23,26). The molecule has 140 valence electrons. The van der Waals surface area contributed by atoms with Gasteiger partial charge in [0, 0.05) is 9.99 Å². The maximum Gasteiger partial charge on any atom is 0.325 e. The van der Waals surface area contributed by atoms with Crippen molar-refractivity contribution in [2.24, 2.45) is 0 Å². The molecule has 2 aromatic rings. The van der Waals surface area contributed by atoms with Crippen LogP contribution in [0.2, 0.25) is 0 Å². The first-order valence-electron chi connectivity index (χ1n) is 8.26. The summed E-state index contributed by atoms with van der Waals surface area (Å²) in [4.78, 5) is 38.0. The third-order valence-corrected chi connectivity index (χ3v) is 4.90. The molecule has 0 aromatic heterocycles. The van der Waals surface area contributed by atoms with Crippen molar-refractivity contribution < 1.29 is 18.8 Å². The Kier molecular flexibility index (Phi) is 5.73. The number of amides is 4. The van der Waals surface area contributed by atoms with Gasteiger partial charge in [-0.2, -0.15) is 0 Å². The van der Waals surface area contributed by atoms with E-state index in [1.807, 2.05) is 53.8 Å². The second-order valence-corrected chi connectivity index (χ2v) is 7.49. The third-order valence-electron chi connectivity index (χ3n) is 4.23. The van der Waals surface area contributed by atoms with Crippen molar-refractivity contribution in [1.29, 1.82) is 0 Å². The highest BCUT2D eigenvalue weighted by molar-refractivity contribution is 14.1. The zero-order chi connectivity index (χ0) is 19.6. The first-order chi connectivity index (χ1) is 12.8. The lowest BCUT2D eigenvalue weighted by Crippen LogP contribution is -2.49. The van der Waals surface area contributed by atoms with Crippen LogP contribution in [0.15, 0.2) is 42.5 Å². The van der Waals surface area contributed by atoms with Crippen molar-refractivity contribution in [3.8, 4) is 0 Å². The Bertz CT molecular complexity index is 886. The maximum absolute atomic E-state index is 14.1. The number of rotatable bonds is 5. The van der Waals surface area contributed by atoms with Crippen molar-refractivity contribution in [2.75, 3.05) is 11.9 Å². The van der Waals surface area contributed by atoms with Gasteiger partial charge in [-0.3, -0.25) is 9.59 Å². The highest BCUT2D eigenvalue weighted by Gasteiger charge is 2.39. The third kappa shape index (κ3) is 4.44. The summed E-state index contributed by atoms with van der Waals surface area (Å²) >= 11 is 1.96. The number of imide groups is 1. The van der Waals surface area contributed by atoms with E-state index in [1.165, 1.54) is 12.1 Å². The largest absolute Gasteiger partial charge is 0.329 e. The van der Waals surface area contributed by atoms with Gasteiger partial charge in [0.2, 0.25) is 5.91 Å². The van der Waals surface area contributed by atoms with Gasteiger partial charge in [-0.15, -0.1) is 0 Å². The first-order valence-corrected chi connectivity index (χ1v) is 9.34. The minimum Gasteiger partial charge on any atom is -0.329 e. The molecule has 3 rings (SSSR count). The van der Waals surface area contributed by atoms with E-state index in [1.54, 1.807) is 6.07 Å². The summed E-state index contributed by atoms with van der Waals surface area (Å²) in [5.41, 5.74) is 1.84. The van der Waals surface area contributed by atoms with E-state index < -0.39 is 29.7 Å². The van der Waals surface area contributed by atoms with Gasteiger partial charge in [-0.05, 0) is 53.3 Å². The van der Waals surface area contributed by atoms with Gasteiger partial charge in [-0.25, -0.2) is 14.1 Å². The Morgan fingerprint density at radius 3 is 2.56 bits per heavy atom. The van der Waals surface area contributed by atoms with E-state index in [-0.39, 0.29) is 18.7 Å². The van der Waals surface area contributed by atoms with E-state index >= 15 is 0 Å². The number of nitrogens with one attached hydrogen (secondary N) is 2. The van der Waals surface area contributed by atoms with Crippen LogP contribution in [0, 0.1) is 16.3 Å². The summed E-state index contributed by atoms with van der Waals surface area (Å²) in [5, 5.41) is 4.91. The minimum atomic E-state index is -1.08. The van der Waals surface area contributed by atoms with E-state index in [0.717, 1.165) is 16.0 Å². The van der Waals surface area contributed by atoms with Gasteiger partial charge in [0.25, 0.3) is 5.91 Å². The monoisotopic (exact) mass is 481 g/mol. The van der Waals surface area contributed by atoms with Crippen LogP contribution >= 0.6 is 22.6 Å². The number of carbonyl (C=O) groups is 3. The highest BCUT2D eigenvalue weighted by atomic mass is 127. The topological polar surface area (TPSA) is 78.5 Å². The second kappa shape index (κ2) is 8.03. The molecular weight excluding hydrogens is 464 g/mol. The molecule has 0 saturated carbocycles. The van der Waals surface area contributed by atoms with Crippen molar-refractivity contribution in [3.63, 3.8) is 0 Å². The summed E-state index contributed by atoms with van der Waals surface area (Å²) in [5.74, 6) is -1.70. The van der Waals surface area contributed by atoms with Crippen LogP contribution in [-0.4, -0.2) is 35.3 Å². The number of anilines is 1. The molecule has 1 aliphatic heterocycles. The van der Waals surface area contributed by atoms with Gasteiger partial charge in [-0.1, -0.05) is 29.8 Å². The Labute approximate surface area is 169 Å². The summed E-state index contributed by atoms with van der Waals surface area (Å²) in [6.07, 6.45) is 0.136. The first kappa shape index (κ1) is 19.3. The molecule has 2 aromatic carbocycles. The number of nitrogens with zero attached hydrogens (tertiary/aromatic N) is 1. The maximum atomic E-state index is 14.1. The van der Waals surface area contributed by atoms with Crippen LogP contribution in [0.25, 0.3) is 0 Å². The van der Waals surface area contributed by atoms with Crippen LogP contribution in [-0.2, 0) is 16.0 Å². The Balaban J connectivity index is 1.88. The van der Waals surface area contributed by atoms with Crippen LogP contribution in [0.4, 0.5) is 14.9 Å². The van der Waals surface area contributed by atoms with Crippen molar-refractivity contribution in [2.45, 2.75) is 19.4 Å². The number of aryl methyl sites for hydroxylation is 1. The van der Waals surface area contributed by atoms with E-state index in [2.05, 4.69) is 10.6 Å². The number of halogens is 2. The van der Waals surface area contributed by atoms with Gasteiger partial charge in [0.1, 0.15) is 11.9 Å². The molecule has 0 spiro atoms. The molecule has 6 nitrogen and oxygen atoms in total. The Morgan fingerprint density at radius 2 is 1.96 bits per heavy atom. The van der Waals surface area contributed by atoms with Crippen LogP contribution in [0.5, 0.6) is 0 Å². The highest BCUT2D eigenvalue weighted by Crippen LogP contribution is 2.20. The van der Waals surface area contributed by atoms with Crippen LogP contribution < -0.4 is 10.6 Å². The molecule has 1 fully saturated rings. The van der Waals surface area contributed by atoms with Crippen molar-refractivity contribution in [1.82, 2.24) is 10.2 Å². The summed E-state index contributed by atoms with van der Waals surface area (Å²) in [7, 11) is 0. The fraction of sp³-hybridized carbons (Fsp3) is 0.211. The number of benzene rings is 2. The molecule has 27 heavy (non-hydrogen) atoms. The van der Waals surface area contributed by atoms with Gasteiger partial charge < -0.3 is 10.6 Å². The number of hydrogen-bond donors (Lipinski definition) is 2. The van der Waals surface area contributed by atoms with Crippen LogP contribution in [0.3, 0.4) is 0 Å². The Morgan fingerprint density at radius 1 is 1.26 bits per heavy atom. The normalized spacial score (nSPS) is 14.9. The van der Waals surface area contributed by atoms with Crippen LogP contribution in [0.1, 0.15) is 11.1 Å². The average Bonchev–Trinajstić information content (AvgIpc) is 2.95. The lowest BCUT2D eigenvalue weighted by molar-refractivity contribution is -0.132. The number of hydrogen-bond acceptors (Lipinski definition) is 3. The zero-order valence-corrected chi connectivity index (χ0v) is 16.6. The minimum absolute atomic E-state index is 0.00127. The summed E-state index contributed by atoms with van der Waals surface area (Å²) < 4.78 is 14.8.